The highest BCUT2D eigenvalue weighted by Gasteiger charge is 2.18. The van der Waals surface area contributed by atoms with Gasteiger partial charge in [-0.1, -0.05) is 27.7 Å². The predicted molar refractivity (Wildman–Crippen MR) is 79.7 cm³/mol. The van der Waals surface area contributed by atoms with Gasteiger partial charge in [0.2, 0.25) is 5.91 Å². The lowest BCUT2D eigenvalue weighted by Crippen LogP contribution is -2.39. The topological polar surface area (TPSA) is 75.4 Å². The van der Waals surface area contributed by atoms with Crippen LogP contribution >= 0.6 is 0 Å². The molecule has 4 nitrogen and oxygen atoms in total. The molecule has 114 valence electrons. The molecule has 0 aliphatic carbocycles. The van der Waals surface area contributed by atoms with Crippen LogP contribution in [0.5, 0.6) is 0 Å². The molecule has 0 aliphatic rings. The number of aliphatic hydroxyl groups is 1. The summed E-state index contributed by atoms with van der Waals surface area (Å²) in [5.41, 5.74) is 5.61. The molecule has 0 bridgehead atoms. The van der Waals surface area contributed by atoms with Gasteiger partial charge in [0, 0.05) is 19.1 Å². The van der Waals surface area contributed by atoms with Crippen LogP contribution in [-0.4, -0.2) is 30.2 Å². The average Bonchev–Trinajstić information content (AvgIpc) is 2.33. The van der Waals surface area contributed by atoms with Gasteiger partial charge in [-0.25, -0.2) is 0 Å². The van der Waals surface area contributed by atoms with Crippen molar-refractivity contribution in [1.29, 1.82) is 0 Å². The van der Waals surface area contributed by atoms with Gasteiger partial charge in [0.15, 0.2) is 0 Å². The van der Waals surface area contributed by atoms with Crippen LogP contribution in [0.25, 0.3) is 0 Å². The zero-order valence-corrected chi connectivity index (χ0v) is 13.0. The van der Waals surface area contributed by atoms with Gasteiger partial charge in [-0.15, -0.1) is 0 Å². The molecule has 0 aromatic heterocycles. The average molecular weight is 272 g/mol. The number of nitrogens with one attached hydrogen (secondary N) is 1. The largest absolute Gasteiger partial charge is 0.396 e. The fourth-order valence-electron chi connectivity index (χ4n) is 2.33. The molecule has 1 amide bonds. The fourth-order valence-corrected chi connectivity index (χ4v) is 2.33. The molecule has 4 heteroatoms. The third kappa shape index (κ3) is 8.22. The Bertz CT molecular complexity index is 242. The van der Waals surface area contributed by atoms with E-state index in [9.17, 15) is 4.79 Å². The van der Waals surface area contributed by atoms with Gasteiger partial charge in [-0.2, -0.15) is 0 Å². The number of rotatable bonds is 10. The summed E-state index contributed by atoms with van der Waals surface area (Å²) >= 11 is 0. The fraction of sp³-hybridized carbons (Fsp3) is 0.933. The lowest BCUT2D eigenvalue weighted by molar-refractivity contribution is -0.122. The zero-order valence-electron chi connectivity index (χ0n) is 13.0. The lowest BCUT2D eigenvalue weighted by atomic mass is 9.88. The maximum absolute atomic E-state index is 11.9. The lowest BCUT2D eigenvalue weighted by Gasteiger charge is -2.23. The second-order valence-corrected chi connectivity index (χ2v) is 6.05. The smallest absolute Gasteiger partial charge is 0.220 e. The van der Waals surface area contributed by atoms with Crippen LogP contribution in [0.4, 0.5) is 0 Å². The maximum atomic E-state index is 11.9. The van der Waals surface area contributed by atoms with Crippen molar-refractivity contribution in [1.82, 2.24) is 5.32 Å². The van der Waals surface area contributed by atoms with Crippen LogP contribution in [0.3, 0.4) is 0 Å². The van der Waals surface area contributed by atoms with E-state index in [-0.39, 0.29) is 18.6 Å². The van der Waals surface area contributed by atoms with Crippen LogP contribution in [-0.2, 0) is 4.79 Å². The number of carbonyl (C=O) groups is 1. The first-order chi connectivity index (χ1) is 8.92. The Balaban J connectivity index is 4.14. The van der Waals surface area contributed by atoms with E-state index in [2.05, 4.69) is 33.0 Å². The van der Waals surface area contributed by atoms with Gasteiger partial charge in [-0.3, -0.25) is 4.79 Å². The Labute approximate surface area is 118 Å². The van der Waals surface area contributed by atoms with Gasteiger partial charge < -0.3 is 16.2 Å². The second kappa shape index (κ2) is 10.2. The molecule has 0 heterocycles. The van der Waals surface area contributed by atoms with Crippen LogP contribution in [0.1, 0.15) is 53.4 Å². The van der Waals surface area contributed by atoms with Gasteiger partial charge in [0.05, 0.1) is 0 Å². The maximum Gasteiger partial charge on any atom is 0.220 e. The molecule has 0 aromatic carbocycles. The molecule has 2 unspecified atom stereocenters. The molecular formula is C15H32N2O2. The summed E-state index contributed by atoms with van der Waals surface area (Å²) < 4.78 is 0. The minimum Gasteiger partial charge on any atom is -0.396 e. The van der Waals surface area contributed by atoms with Crippen molar-refractivity contribution in [2.24, 2.45) is 23.5 Å². The normalized spacial score (nSPS) is 14.7. The number of hydrogen-bond donors (Lipinski definition) is 3. The van der Waals surface area contributed by atoms with E-state index in [1.54, 1.807) is 0 Å². The summed E-state index contributed by atoms with van der Waals surface area (Å²) in [6, 6.07) is 0.0736. The molecule has 0 aromatic rings. The first-order valence-corrected chi connectivity index (χ1v) is 7.52. The van der Waals surface area contributed by atoms with Crippen LogP contribution < -0.4 is 11.1 Å². The molecule has 0 saturated heterocycles. The third-order valence-electron chi connectivity index (χ3n) is 3.81. The number of hydrogen-bond acceptors (Lipinski definition) is 3. The highest BCUT2D eigenvalue weighted by molar-refractivity contribution is 5.76. The molecule has 0 radical (unpaired) electrons. The van der Waals surface area contributed by atoms with E-state index in [1.807, 2.05) is 0 Å². The van der Waals surface area contributed by atoms with Crippen molar-refractivity contribution in [2.45, 2.75) is 59.4 Å². The Morgan fingerprint density at radius 1 is 1.11 bits per heavy atom. The summed E-state index contributed by atoms with van der Waals surface area (Å²) in [6.45, 7) is 9.29. The van der Waals surface area contributed by atoms with Gasteiger partial charge in [0.25, 0.3) is 0 Å². The van der Waals surface area contributed by atoms with E-state index < -0.39 is 0 Å². The van der Waals surface area contributed by atoms with E-state index >= 15 is 0 Å². The molecule has 2 atom stereocenters. The highest BCUT2D eigenvalue weighted by atomic mass is 16.3. The third-order valence-corrected chi connectivity index (χ3v) is 3.81. The van der Waals surface area contributed by atoms with Crippen LogP contribution in [0, 0.1) is 17.8 Å². The van der Waals surface area contributed by atoms with Crippen molar-refractivity contribution in [2.75, 3.05) is 13.2 Å². The van der Waals surface area contributed by atoms with E-state index in [0.717, 1.165) is 12.8 Å². The van der Waals surface area contributed by atoms with E-state index in [1.165, 1.54) is 0 Å². The van der Waals surface area contributed by atoms with Crippen molar-refractivity contribution in [3.05, 3.63) is 0 Å². The molecule has 0 fully saturated rings. The monoisotopic (exact) mass is 272 g/mol. The number of carbonyl (C=O) groups excluding carboxylic acids is 1. The van der Waals surface area contributed by atoms with Crippen molar-refractivity contribution >= 4 is 5.91 Å². The molecule has 4 N–H and O–H groups in total. The van der Waals surface area contributed by atoms with E-state index in [0.29, 0.717) is 37.1 Å². The van der Waals surface area contributed by atoms with Crippen molar-refractivity contribution in [3.63, 3.8) is 0 Å². The van der Waals surface area contributed by atoms with E-state index in [4.69, 9.17) is 10.8 Å². The summed E-state index contributed by atoms with van der Waals surface area (Å²) in [4.78, 5) is 11.9. The number of amides is 1. The number of nitrogens with two attached hydrogens (primary N) is 1. The minimum absolute atomic E-state index is 0.0736. The Hall–Kier alpha value is -0.610. The molecule has 0 rings (SSSR count). The SMILES string of the molecule is CC(C)C(CCN)CCC(=O)NC(CCO)C(C)C. The Morgan fingerprint density at radius 2 is 1.74 bits per heavy atom. The van der Waals surface area contributed by atoms with Crippen molar-refractivity contribution < 1.29 is 9.90 Å². The summed E-state index contributed by atoms with van der Waals surface area (Å²) in [5, 5.41) is 12.0. The number of aliphatic hydroxyl groups excluding tert-OH is 1. The standard InChI is InChI=1S/C15H32N2O2/c1-11(2)13(7-9-16)5-6-15(19)17-14(8-10-18)12(3)4/h11-14,18H,5-10,16H2,1-4H3,(H,17,19). The van der Waals surface area contributed by atoms with Gasteiger partial charge in [0.1, 0.15) is 0 Å². The molecule has 0 aliphatic heterocycles. The van der Waals surface area contributed by atoms with Gasteiger partial charge in [-0.05, 0) is 43.6 Å². The molecule has 19 heavy (non-hydrogen) atoms. The summed E-state index contributed by atoms with van der Waals surface area (Å²) in [5.74, 6) is 1.52. The summed E-state index contributed by atoms with van der Waals surface area (Å²) in [7, 11) is 0. The van der Waals surface area contributed by atoms with Crippen molar-refractivity contribution in [3.8, 4) is 0 Å². The van der Waals surface area contributed by atoms with Crippen LogP contribution in [0.2, 0.25) is 0 Å². The first kappa shape index (κ1) is 18.4. The summed E-state index contributed by atoms with van der Waals surface area (Å²) in [6.07, 6.45) is 3.05. The quantitative estimate of drug-likeness (QED) is 0.568. The zero-order chi connectivity index (χ0) is 14.8. The Morgan fingerprint density at radius 3 is 2.16 bits per heavy atom. The van der Waals surface area contributed by atoms with Gasteiger partial charge >= 0.3 is 0 Å². The minimum atomic E-state index is 0.0736. The second-order valence-electron chi connectivity index (χ2n) is 6.05. The highest BCUT2D eigenvalue weighted by Crippen LogP contribution is 2.20. The Kier molecular flexibility index (Phi) is 9.88. The molecule has 0 saturated carbocycles. The first-order valence-electron chi connectivity index (χ1n) is 7.52. The predicted octanol–water partition coefficient (Wildman–Crippen LogP) is 1.91. The van der Waals surface area contributed by atoms with Crippen LogP contribution in [0.15, 0.2) is 0 Å². The molecular weight excluding hydrogens is 240 g/mol. The molecule has 0 spiro atoms.